The zero-order chi connectivity index (χ0) is 23.3. The molecule has 1 amide bonds. The number of amides is 1. The Balaban J connectivity index is 1.60. The maximum Gasteiger partial charge on any atom is 0.243 e. The van der Waals surface area contributed by atoms with Crippen molar-refractivity contribution >= 4 is 33.4 Å². The van der Waals surface area contributed by atoms with Crippen LogP contribution in [0.15, 0.2) is 34.3 Å². The largest absolute Gasteiger partial charge is 0.376 e. The number of thioether (sulfide) groups is 1. The fraction of sp³-hybridized carbons (Fsp3) is 0.545. The van der Waals surface area contributed by atoms with Crippen molar-refractivity contribution in [3.05, 3.63) is 35.7 Å². The molecule has 1 aromatic carbocycles. The minimum atomic E-state index is -3.51. The van der Waals surface area contributed by atoms with Crippen molar-refractivity contribution in [2.75, 3.05) is 30.8 Å². The van der Waals surface area contributed by atoms with Gasteiger partial charge in [-0.2, -0.15) is 4.31 Å². The number of carbonyl (C=O) groups excluding carboxylic acids is 1. The number of aryl methyl sites for hydroxylation is 1. The first-order valence-electron chi connectivity index (χ1n) is 10.9. The van der Waals surface area contributed by atoms with Crippen molar-refractivity contribution in [1.29, 1.82) is 0 Å². The van der Waals surface area contributed by atoms with Gasteiger partial charge < -0.3 is 14.6 Å². The van der Waals surface area contributed by atoms with E-state index >= 15 is 0 Å². The third-order valence-corrected chi connectivity index (χ3v) is 8.69. The van der Waals surface area contributed by atoms with Gasteiger partial charge in [0.05, 0.1) is 29.0 Å². The highest BCUT2D eigenvalue weighted by Crippen LogP contribution is 2.25. The van der Waals surface area contributed by atoms with Crippen LogP contribution in [0.1, 0.15) is 38.1 Å². The van der Waals surface area contributed by atoms with Crippen LogP contribution < -0.4 is 5.32 Å². The van der Waals surface area contributed by atoms with Crippen molar-refractivity contribution < 1.29 is 17.9 Å². The number of rotatable bonds is 10. The molecule has 0 saturated carbocycles. The quantitative estimate of drug-likeness (QED) is 0.524. The monoisotopic (exact) mass is 480 g/mol. The van der Waals surface area contributed by atoms with Crippen LogP contribution in [-0.4, -0.2) is 59.7 Å². The number of ether oxygens (including phenoxy) is 1. The Morgan fingerprint density at radius 1 is 1.25 bits per heavy atom. The van der Waals surface area contributed by atoms with Gasteiger partial charge in [-0.05, 0) is 51.0 Å². The van der Waals surface area contributed by atoms with E-state index in [1.165, 1.54) is 28.2 Å². The van der Waals surface area contributed by atoms with Crippen LogP contribution in [0.2, 0.25) is 0 Å². The lowest BCUT2D eigenvalue weighted by molar-refractivity contribution is -0.113. The lowest BCUT2D eigenvalue weighted by Gasteiger charge is -2.18. The Morgan fingerprint density at radius 2 is 1.94 bits per heavy atom. The summed E-state index contributed by atoms with van der Waals surface area (Å²) >= 11 is 1.39. The Labute approximate surface area is 194 Å². The molecule has 0 radical (unpaired) electrons. The van der Waals surface area contributed by atoms with Gasteiger partial charge in [0.25, 0.3) is 0 Å². The fourth-order valence-corrected chi connectivity index (χ4v) is 6.05. The van der Waals surface area contributed by atoms with Gasteiger partial charge in [0.2, 0.25) is 15.9 Å². The second-order valence-electron chi connectivity index (χ2n) is 7.76. The standard InChI is InChI=1S/C22H32N4O4S2/c1-5-25(6-2)32(28,29)20-11-9-18(10-12-20)24-21(27)15-31-22-23-16(3)17(4)26(22)14-19-8-7-13-30-19/h9-12,19H,5-8,13-15H2,1-4H3,(H,24,27). The van der Waals surface area contributed by atoms with Gasteiger partial charge in [0.15, 0.2) is 5.16 Å². The first-order valence-corrected chi connectivity index (χ1v) is 13.4. The first-order chi connectivity index (χ1) is 15.3. The van der Waals surface area contributed by atoms with Gasteiger partial charge >= 0.3 is 0 Å². The lowest BCUT2D eigenvalue weighted by atomic mass is 10.2. The topological polar surface area (TPSA) is 93.5 Å². The van der Waals surface area contributed by atoms with Crippen LogP contribution in [0.25, 0.3) is 0 Å². The molecule has 0 spiro atoms. The molecule has 1 fully saturated rings. The summed E-state index contributed by atoms with van der Waals surface area (Å²) in [6.07, 6.45) is 2.32. The van der Waals surface area contributed by atoms with Crippen molar-refractivity contribution in [2.24, 2.45) is 0 Å². The average molecular weight is 481 g/mol. The molecular formula is C22H32N4O4S2. The molecule has 1 saturated heterocycles. The average Bonchev–Trinajstić information content (AvgIpc) is 3.37. The van der Waals surface area contributed by atoms with Gasteiger partial charge in [-0.1, -0.05) is 25.6 Å². The summed E-state index contributed by atoms with van der Waals surface area (Å²) in [5.41, 5.74) is 2.61. The highest BCUT2D eigenvalue weighted by Gasteiger charge is 2.22. The van der Waals surface area contributed by atoms with Crippen molar-refractivity contribution in [3.8, 4) is 0 Å². The molecule has 1 N–H and O–H groups in total. The van der Waals surface area contributed by atoms with Crippen LogP contribution >= 0.6 is 11.8 Å². The second-order valence-corrected chi connectivity index (χ2v) is 10.6. The summed E-state index contributed by atoms with van der Waals surface area (Å²) in [5.74, 6) is 0.0392. The van der Waals surface area contributed by atoms with Crippen LogP contribution in [0.3, 0.4) is 0 Å². The molecule has 1 aliphatic heterocycles. The number of benzene rings is 1. The molecule has 176 valence electrons. The third kappa shape index (κ3) is 5.72. The summed E-state index contributed by atoms with van der Waals surface area (Å²) in [4.78, 5) is 17.3. The molecule has 0 aliphatic carbocycles. The van der Waals surface area contributed by atoms with Gasteiger partial charge in [-0.25, -0.2) is 13.4 Å². The molecule has 1 aromatic heterocycles. The van der Waals surface area contributed by atoms with E-state index < -0.39 is 10.0 Å². The minimum absolute atomic E-state index is 0.170. The molecule has 3 rings (SSSR count). The van der Waals surface area contributed by atoms with E-state index in [-0.39, 0.29) is 22.7 Å². The van der Waals surface area contributed by atoms with E-state index in [0.717, 1.165) is 42.5 Å². The van der Waals surface area contributed by atoms with Crippen LogP contribution in [0.5, 0.6) is 0 Å². The number of imidazole rings is 1. The summed E-state index contributed by atoms with van der Waals surface area (Å²) < 4.78 is 34.5. The molecule has 10 heteroatoms. The minimum Gasteiger partial charge on any atom is -0.376 e. The maximum absolute atomic E-state index is 12.6. The summed E-state index contributed by atoms with van der Waals surface area (Å²) in [5, 5.41) is 3.64. The zero-order valence-corrected chi connectivity index (χ0v) is 20.8. The molecule has 1 unspecified atom stereocenters. The van der Waals surface area contributed by atoms with E-state index in [0.29, 0.717) is 18.8 Å². The van der Waals surface area contributed by atoms with E-state index in [4.69, 9.17) is 4.74 Å². The van der Waals surface area contributed by atoms with E-state index in [9.17, 15) is 13.2 Å². The third-order valence-electron chi connectivity index (χ3n) is 5.65. The summed E-state index contributed by atoms with van der Waals surface area (Å²) in [7, 11) is -3.51. The second kappa shape index (κ2) is 10.8. The molecule has 8 nitrogen and oxygen atoms in total. The number of carbonyl (C=O) groups is 1. The number of nitrogens with zero attached hydrogens (tertiary/aromatic N) is 3. The molecule has 2 aromatic rings. The predicted octanol–water partition coefficient (Wildman–Crippen LogP) is 3.44. The molecule has 0 bridgehead atoms. The smallest absolute Gasteiger partial charge is 0.243 e. The first kappa shape index (κ1) is 24.8. The van der Waals surface area contributed by atoms with Crippen molar-refractivity contribution in [3.63, 3.8) is 0 Å². The molecular weight excluding hydrogens is 448 g/mol. The fourth-order valence-electron chi connectivity index (χ4n) is 3.69. The van der Waals surface area contributed by atoms with Gasteiger partial charge in [0, 0.05) is 31.1 Å². The Hall–Kier alpha value is -1.88. The van der Waals surface area contributed by atoms with Crippen molar-refractivity contribution in [2.45, 2.75) is 63.2 Å². The highest BCUT2D eigenvalue weighted by molar-refractivity contribution is 7.99. The van der Waals surface area contributed by atoms with Gasteiger partial charge in [0.1, 0.15) is 0 Å². The molecule has 1 aliphatic rings. The van der Waals surface area contributed by atoms with Crippen molar-refractivity contribution in [1.82, 2.24) is 13.9 Å². The van der Waals surface area contributed by atoms with Gasteiger partial charge in [-0.3, -0.25) is 4.79 Å². The number of nitrogens with one attached hydrogen (secondary N) is 1. The number of anilines is 1. The lowest BCUT2D eigenvalue weighted by Crippen LogP contribution is -2.30. The van der Waals surface area contributed by atoms with Gasteiger partial charge in [-0.15, -0.1) is 0 Å². The number of aromatic nitrogens is 2. The van der Waals surface area contributed by atoms with E-state index in [2.05, 4.69) is 14.9 Å². The van der Waals surface area contributed by atoms with Crippen LogP contribution in [0, 0.1) is 13.8 Å². The normalized spacial score (nSPS) is 16.6. The summed E-state index contributed by atoms with van der Waals surface area (Å²) in [6, 6.07) is 6.28. The molecule has 32 heavy (non-hydrogen) atoms. The predicted molar refractivity (Wildman–Crippen MR) is 127 cm³/mol. The van der Waals surface area contributed by atoms with E-state index in [1.807, 2.05) is 27.7 Å². The number of sulfonamides is 1. The van der Waals surface area contributed by atoms with Crippen LogP contribution in [-0.2, 0) is 26.1 Å². The zero-order valence-electron chi connectivity index (χ0n) is 19.1. The SMILES string of the molecule is CCN(CC)S(=O)(=O)c1ccc(NC(=O)CSc2nc(C)c(C)n2CC2CCCO2)cc1. The maximum atomic E-state index is 12.6. The van der Waals surface area contributed by atoms with E-state index in [1.54, 1.807) is 12.1 Å². The van der Waals surface area contributed by atoms with Crippen LogP contribution in [0.4, 0.5) is 5.69 Å². The Kier molecular flexibility index (Phi) is 8.37. The molecule has 1 atom stereocenters. The Morgan fingerprint density at radius 3 is 2.53 bits per heavy atom. The summed E-state index contributed by atoms with van der Waals surface area (Å²) in [6.45, 7) is 10.0. The highest BCUT2D eigenvalue weighted by atomic mass is 32.2. The Bertz CT molecular complexity index is 1020. The molecule has 2 heterocycles. The number of hydrogen-bond acceptors (Lipinski definition) is 6. The number of hydrogen-bond donors (Lipinski definition) is 1.